The highest BCUT2D eigenvalue weighted by atomic mass is 35.5. The molecule has 1 heterocycles. The number of amides is 1. The van der Waals surface area contributed by atoms with Crippen LogP contribution in [-0.4, -0.2) is 34.0 Å². The molecule has 1 aromatic heterocycles. The Kier molecular flexibility index (Phi) is 4.47. The van der Waals surface area contributed by atoms with Crippen molar-refractivity contribution in [3.8, 4) is 0 Å². The highest BCUT2D eigenvalue weighted by Crippen LogP contribution is 2.30. The van der Waals surface area contributed by atoms with Gasteiger partial charge in [-0.3, -0.25) is 4.79 Å². The molecule has 1 fully saturated rings. The Bertz CT molecular complexity index is 484. The second-order valence-corrected chi connectivity index (χ2v) is 6.21. The van der Waals surface area contributed by atoms with Crippen LogP contribution in [0.25, 0.3) is 0 Å². The van der Waals surface area contributed by atoms with Crippen LogP contribution in [-0.2, 0) is 16.0 Å². The van der Waals surface area contributed by atoms with E-state index in [1.165, 1.54) is 16.2 Å². The van der Waals surface area contributed by atoms with E-state index in [1.807, 2.05) is 11.4 Å². The van der Waals surface area contributed by atoms with Gasteiger partial charge in [-0.2, -0.15) is 0 Å². The molecule has 0 saturated heterocycles. The van der Waals surface area contributed by atoms with Gasteiger partial charge in [-0.05, 0) is 32.3 Å². The molecule has 1 aliphatic rings. The van der Waals surface area contributed by atoms with Crippen molar-refractivity contribution in [3.63, 3.8) is 0 Å². The first-order valence-corrected chi connectivity index (χ1v) is 7.51. The maximum atomic E-state index is 12.2. The summed E-state index contributed by atoms with van der Waals surface area (Å²) in [5.41, 5.74) is 0. The average Bonchev–Trinajstić information content (AvgIpc) is 3.09. The number of rotatable bonds is 6. The third kappa shape index (κ3) is 3.70. The number of carboxylic acid groups (broad SMARTS) is 1. The lowest BCUT2D eigenvalue weighted by atomic mass is 10.2. The highest BCUT2D eigenvalue weighted by molar-refractivity contribution is 7.10. The fraction of sp³-hybridized carbons (Fsp3) is 0.538. The third-order valence-electron chi connectivity index (χ3n) is 3.21. The van der Waals surface area contributed by atoms with Gasteiger partial charge in [0.05, 0.1) is 5.02 Å². The smallest absolute Gasteiger partial charge is 0.326 e. The molecule has 1 aliphatic carbocycles. The molecule has 1 saturated carbocycles. The van der Waals surface area contributed by atoms with E-state index in [2.05, 4.69) is 0 Å². The Morgan fingerprint density at radius 1 is 1.58 bits per heavy atom. The first-order chi connectivity index (χ1) is 8.99. The van der Waals surface area contributed by atoms with Crippen molar-refractivity contribution in [2.45, 2.75) is 44.7 Å². The van der Waals surface area contributed by atoms with E-state index in [0.717, 1.165) is 17.7 Å². The van der Waals surface area contributed by atoms with E-state index in [-0.39, 0.29) is 11.9 Å². The molecular formula is C13H16ClNO3S. The standard InChI is InChI=1S/C13H16ClNO3S/c1-8(13(17)18)15(10-2-3-10)12(16)5-4-11-6-9(14)7-19-11/h6-8,10H,2-5H2,1H3,(H,17,18). The zero-order chi connectivity index (χ0) is 14.0. The number of halogens is 1. The molecule has 0 radical (unpaired) electrons. The molecule has 6 heteroatoms. The van der Waals surface area contributed by atoms with E-state index in [4.69, 9.17) is 16.7 Å². The second kappa shape index (κ2) is 5.92. The van der Waals surface area contributed by atoms with Gasteiger partial charge in [0.15, 0.2) is 0 Å². The fourth-order valence-electron chi connectivity index (χ4n) is 2.05. The topological polar surface area (TPSA) is 57.6 Å². The van der Waals surface area contributed by atoms with Gasteiger partial charge in [0.25, 0.3) is 0 Å². The van der Waals surface area contributed by atoms with Crippen molar-refractivity contribution < 1.29 is 14.7 Å². The molecule has 19 heavy (non-hydrogen) atoms. The average molecular weight is 302 g/mol. The van der Waals surface area contributed by atoms with Crippen LogP contribution in [0.5, 0.6) is 0 Å². The number of carbonyl (C=O) groups excluding carboxylic acids is 1. The monoisotopic (exact) mass is 301 g/mol. The Morgan fingerprint density at radius 3 is 2.74 bits per heavy atom. The lowest BCUT2D eigenvalue weighted by Crippen LogP contribution is -2.44. The lowest BCUT2D eigenvalue weighted by Gasteiger charge is -2.26. The number of nitrogens with zero attached hydrogens (tertiary/aromatic N) is 1. The summed E-state index contributed by atoms with van der Waals surface area (Å²) in [7, 11) is 0. The quantitative estimate of drug-likeness (QED) is 0.879. The molecule has 104 valence electrons. The van der Waals surface area contributed by atoms with E-state index >= 15 is 0 Å². The van der Waals surface area contributed by atoms with E-state index < -0.39 is 12.0 Å². The van der Waals surface area contributed by atoms with Gasteiger partial charge < -0.3 is 10.0 Å². The molecular weight excluding hydrogens is 286 g/mol. The van der Waals surface area contributed by atoms with Gasteiger partial charge in [0.2, 0.25) is 5.91 Å². The fourth-order valence-corrected chi connectivity index (χ4v) is 3.13. The minimum Gasteiger partial charge on any atom is -0.480 e. The van der Waals surface area contributed by atoms with Crippen LogP contribution in [0.2, 0.25) is 5.02 Å². The second-order valence-electron chi connectivity index (χ2n) is 4.78. The molecule has 0 aliphatic heterocycles. The molecule has 2 rings (SSSR count). The summed E-state index contributed by atoms with van der Waals surface area (Å²) in [5, 5.41) is 11.6. The maximum absolute atomic E-state index is 12.2. The minimum absolute atomic E-state index is 0.0816. The number of hydrogen-bond donors (Lipinski definition) is 1. The molecule has 0 bridgehead atoms. The summed E-state index contributed by atoms with van der Waals surface area (Å²) in [6.45, 7) is 1.57. The van der Waals surface area contributed by atoms with Crippen LogP contribution in [0.3, 0.4) is 0 Å². The van der Waals surface area contributed by atoms with E-state index in [9.17, 15) is 9.59 Å². The Labute approximate surface area is 121 Å². The van der Waals surface area contributed by atoms with Crippen LogP contribution in [0.1, 0.15) is 31.1 Å². The summed E-state index contributed by atoms with van der Waals surface area (Å²) in [6, 6.07) is 1.22. The number of aryl methyl sites for hydroxylation is 1. The molecule has 0 aromatic carbocycles. The van der Waals surface area contributed by atoms with Crippen LogP contribution >= 0.6 is 22.9 Å². The first kappa shape index (κ1) is 14.3. The van der Waals surface area contributed by atoms with Gasteiger partial charge in [0.1, 0.15) is 6.04 Å². The van der Waals surface area contributed by atoms with Crippen molar-refractivity contribution in [3.05, 3.63) is 21.3 Å². The third-order valence-corrected chi connectivity index (χ3v) is 4.55. The van der Waals surface area contributed by atoms with Crippen LogP contribution in [0.15, 0.2) is 11.4 Å². The molecule has 1 amide bonds. The van der Waals surface area contributed by atoms with Crippen molar-refractivity contribution in [1.82, 2.24) is 4.90 Å². The molecule has 1 unspecified atom stereocenters. The number of carboxylic acids is 1. The Hall–Kier alpha value is -1.07. The lowest BCUT2D eigenvalue weighted by molar-refractivity contribution is -0.150. The Balaban J connectivity index is 1.94. The SMILES string of the molecule is CC(C(=O)O)N(C(=O)CCc1cc(Cl)cs1)C1CC1. The molecule has 1 atom stereocenters. The number of carbonyl (C=O) groups is 2. The predicted octanol–water partition coefficient (Wildman–Crippen LogP) is 2.80. The van der Waals surface area contributed by atoms with Crippen molar-refractivity contribution in [2.75, 3.05) is 0 Å². The summed E-state index contributed by atoms with van der Waals surface area (Å²) in [5.74, 6) is -1.03. The largest absolute Gasteiger partial charge is 0.480 e. The molecule has 4 nitrogen and oxygen atoms in total. The van der Waals surface area contributed by atoms with Crippen LogP contribution < -0.4 is 0 Å². The van der Waals surface area contributed by atoms with Crippen molar-refractivity contribution in [2.24, 2.45) is 0 Å². The van der Waals surface area contributed by atoms with Gasteiger partial charge in [0, 0.05) is 22.7 Å². The van der Waals surface area contributed by atoms with Gasteiger partial charge in [-0.1, -0.05) is 11.6 Å². The van der Waals surface area contributed by atoms with Crippen LogP contribution in [0, 0.1) is 0 Å². The summed E-state index contributed by atoms with van der Waals surface area (Å²) < 4.78 is 0. The maximum Gasteiger partial charge on any atom is 0.326 e. The van der Waals surface area contributed by atoms with E-state index in [1.54, 1.807) is 6.92 Å². The highest BCUT2D eigenvalue weighted by Gasteiger charge is 2.37. The Morgan fingerprint density at radius 2 is 2.26 bits per heavy atom. The van der Waals surface area contributed by atoms with Gasteiger partial charge in [-0.15, -0.1) is 11.3 Å². The van der Waals surface area contributed by atoms with Crippen molar-refractivity contribution >= 4 is 34.8 Å². The molecule has 0 spiro atoms. The van der Waals surface area contributed by atoms with Gasteiger partial charge >= 0.3 is 5.97 Å². The first-order valence-electron chi connectivity index (χ1n) is 6.26. The van der Waals surface area contributed by atoms with Crippen LogP contribution in [0.4, 0.5) is 0 Å². The number of hydrogen-bond acceptors (Lipinski definition) is 3. The number of thiophene rings is 1. The minimum atomic E-state index is -0.945. The summed E-state index contributed by atoms with van der Waals surface area (Å²) in [6.07, 6.45) is 2.78. The predicted molar refractivity (Wildman–Crippen MR) is 74.6 cm³/mol. The molecule has 1 aromatic rings. The zero-order valence-corrected chi connectivity index (χ0v) is 12.2. The zero-order valence-electron chi connectivity index (χ0n) is 10.6. The van der Waals surface area contributed by atoms with Crippen molar-refractivity contribution in [1.29, 1.82) is 0 Å². The molecule has 1 N–H and O–H groups in total. The summed E-state index contributed by atoms with van der Waals surface area (Å²) in [4.78, 5) is 25.8. The van der Waals surface area contributed by atoms with E-state index in [0.29, 0.717) is 17.9 Å². The van der Waals surface area contributed by atoms with Gasteiger partial charge in [-0.25, -0.2) is 4.79 Å². The normalized spacial score (nSPS) is 16.1. The summed E-state index contributed by atoms with van der Waals surface area (Å²) >= 11 is 7.35. The number of aliphatic carboxylic acids is 1.